The summed E-state index contributed by atoms with van der Waals surface area (Å²) < 4.78 is 0. The number of hydrogen-bond donors (Lipinski definition) is 2. The van der Waals surface area contributed by atoms with Gasteiger partial charge in [-0.1, -0.05) is 43.7 Å². The van der Waals surface area contributed by atoms with E-state index in [-0.39, 0.29) is 11.8 Å². The molecule has 0 radical (unpaired) electrons. The van der Waals surface area contributed by atoms with Gasteiger partial charge in [-0.05, 0) is 12.5 Å². The van der Waals surface area contributed by atoms with Crippen LogP contribution in [0.2, 0.25) is 0 Å². The van der Waals surface area contributed by atoms with Crippen LogP contribution in [0.3, 0.4) is 0 Å². The summed E-state index contributed by atoms with van der Waals surface area (Å²) >= 11 is 0. The number of hydrogen-bond acceptors (Lipinski definition) is 2. The smallest absolute Gasteiger partial charge is 0.222 e. The van der Waals surface area contributed by atoms with E-state index in [4.69, 9.17) is 0 Å². The Kier molecular flexibility index (Phi) is 5.70. The van der Waals surface area contributed by atoms with E-state index in [1.165, 1.54) is 11.1 Å². The minimum Gasteiger partial charge on any atom is -0.355 e. The van der Waals surface area contributed by atoms with Gasteiger partial charge < -0.3 is 10.6 Å². The Morgan fingerprint density at radius 3 is 2.41 bits per heavy atom. The van der Waals surface area contributed by atoms with Crippen LogP contribution in [0, 0.1) is 12.8 Å². The topological polar surface area (TPSA) is 41.1 Å². The Morgan fingerprint density at radius 1 is 1.18 bits per heavy atom. The van der Waals surface area contributed by atoms with E-state index in [9.17, 15) is 4.79 Å². The molecule has 3 nitrogen and oxygen atoms in total. The first-order chi connectivity index (χ1) is 8.09. The molecule has 0 aliphatic heterocycles. The van der Waals surface area contributed by atoms with Gasteiger partial charge in [0.1, 0.15) is 0 Å². The predicted molar refractivity (Wildman–Crippen MR) is 70.7 cm³/mol. The van der Waals surface area contributed by atoms with Crippen molar-refractivity contribution in [2.24, 2.45) is 5.92 Å². The number of benzene rings is 1. The van der Waals surface area contributed by atoms with Gasteiger partial charge in [-0.25, -0.2) is 0 Å². The highest BCUT2D eigenvalue weighted by molar-refractivity contribution is 5.77. The molecule has 0 aliphatic carbocycles. The Hall–Kier alpha value is -1.35. The molecule has 1 amide bonds. The van der Waals surface area contributed by atoms with E-state index in [0.29, 0.717) is 6.54 Å². The lowest BCUT2D eigenvalue weighted by Crippen LogP contribution is -2.34. The molecule has 0 fully saturated rings. The molecule has 0 bridgehead atoms. The highest BCUT2D eigenvalue weighted by Crippen LogP contribution is 2.01. The molecule has 0 atom stereocenters. The van der Waals surface area contributed by atoms with E-state index in [1.807, 2.05) is 13.8 Å². The molecule has 94 valence electrons. The molecule has 1 rings (SSSR count). The van der Waals surface area contributed by atoms with Crippen LogP contribution in [0.4, 0.5) is 0 Å². The summed E-state index contributed by atoms with van der Waals surface area (Å²) in [6.45, 7) is 8.20. The minimum absolute atomic E-state index is 0.0621. The highest BCUT2D eigenvalue weighted by Gasteiger charge is 2.04. The molecule has 2 N–H and O–H groups in total. The van der Waals surface area contributed by atoms with E-state index >= 15 is 0 Å². The molecule has 3 heteroatoms. The van der Waals surface area contributed by atoms with Crippen molar-refractivity contribution >= 4 is 5.91 Å². The van der Waals surface area contributed by atoms with Crippen LogP contribution in [0.25, 0.3) is 0 Å². The van der Waals surface area contributed by atoms with Crippen molar-refractivity contribution in [3.8, 4) is 0 Å². The fraction of sp³-hybridized carbons (Fsp3) is 0.500. The van der Waals surface area contributed by atoms with Gasteiger partial charge in [0.25, 0.3) is 0 Å². The van der Waals surface area contributed by atoms with Crippen LogP contribution < -0.4 is 10.6 Å². The number of nitrogens with one attached hydrogen (secondary N) is 2. The van der Waals surface area contributed by atoms with E-state index in [1.54, 1.807) is 0 Å². The highest BCUT2D eigenvalue weighted by atomic mass is 16.1. The molecule has 17 heavy (non-hydrogen) atoms. The van der Waals surface area contributed by atoms with Crippen molar-refractivity contribution in [2.45, 2.75) is 27.3 Å². The van der Waals surface area contributed by atoms with E-state index < -0.39 is 0 Å². The zero-order chi connectivity index (χ0) is 12.7. The molecule has 0 saturated carbocycles. The van der Waals surface area contributed by atoms with Crippen molar-refractivity contribution in [1.29, 1.82) is 0 Å². The summed E-state index contributed by atoms with van der Waals surface area (Å²) in [6, 6.07) is 8.46. The summed E-state index contributed by atoms with van der Waals surface area (Å²) in [6.07, 6.45) is 0. The number of rotatable bonds is 6. The standard InChI is InChI=1S/C14H22N2O/c1-11(2)14(17)16-9-8-15-10-13-6-4-12(3)5-7-13/h4-7,11,15H,8-10H2,1-3H3,(H,16,17). The van der Waals surface area contributed by atoms with E-state index in [0.717, 1.165) is 13.1 Å². The number of carbonyl (C=O) groups is 1. The third-order valence-electron chi connectivity index (χ3n) is 2.58. The van der Waals surface area contributed by atoms with Gasteiger partial charge in [-0.2, -0.15) is 0 Å². The van der Waals surface area contributed by atoms with Crippen LogP contribution in [0.5, 0.6) is 0 Å². The first-order valence-electron chi connectivity index (χ1n) is 6.13. The molecule has 1 aromatic carbocycles. The zero-order valence-electron chi connectivity index (χ0n) is 10.9. The van der Waals surface area contributed by atoms with Crippen molar-refractivity contribution in [3.63, 3.8) is 0 Å². The SMILES string of the molecule is Cc1ccc(CNCCNC(=O)C(C)C)cc1. The molecule has 0 aliphatic rings. The predicted octanol–water partition coefficient (Wildman–Crippen LogP) is 1.86. The molecule has 1 aromatic rings. The van der Waals surface area contributed by atoms with Gasteiger partial charge in [-0.15, -0.1) is 0 Å². The van der Waals surface area contributed by atoms with E-state index in [2.05, 4.69) is 41.8 Å². The molecule has 0 saturated heterocycles. The number of aryl methyl sites for hydroxylation is 1. The Balaban J connectivity index is 2.12. The summed E-state index contributed by atoms with van der Waals surface area (Å²) in [7, 11) is 0. The minimum atomic E-state index is 0.0621. The Labute approximate surface area is 104 Å². The van der Waals surface area contributed by atoms with Gasteiger partial charge in [0.05, 0.1) is 0 Å². The third kappa shape index (κ3) is 5.50. The van der Waals surface area contributed by atoms with Gasteiger partial charge >= 0.3 is 0 Å². The Morgan fingerprint density at radius 2 is 1.82 bits per heavy atom. The first kappa shape index (κ1) is 13.7. The van der Waals surface area contributed by atoms with Crippen LogP contribution in [-0.2, 0) is 11.3 Å². The summed E-state index contributed by atoms with van der Waals surface area (Å²) in [5, 5.41) is 6.18. The molecular weight excluding hydrogens is 212 g/mol. The maximum Gasteiger partial charge on any atom is 0.222 e. The normalized spacial score (nSPS) is 10.6. The molecule has 0 aromatic heterocycles. The molecular formula is C14H22N2O. The maximum atomic E-state index is 11.3. The second-order valence-electron chi connectivity index (χ2n) is 4.61. The average molecular weight is 234 g/mol. The van der Waals surface area contributed by atoms with Crippen LogP contribution in [0.1, 0.15) is 25.0 Å². The first-order valence-corrected chi connectivity index (χ1v) is 6.13. The lowest BCUT2D eigenvalue weighted by Gasteiger charge is -2.08. The second-order valence-corrected chi connectivity index (χ2v) is 4.61. The molecule has 0 unspecified atom stereocenters. The van der Waals surface area contributed by atoms with Crippen LogP contribution in [0.15, 0.2) is 24.3 Å². The quantitative estimate of drug-likeness (QED) is 0.738. The average Bonchev–Trinajstić information content (AvgIpc) is 2.30. The lowest BCUT2D eigenvalue weighted by atomic mass is 10.1. The monoisotopic (exact) mass is 234 g/mol. The summed E-state index contributed by atoms with van der Waals surface area (Å²) in [5.74, 6) is 0.175. The maximum absolute atomic E-state index is 11.3. The lowest BCUT2D eigenvalue weighted by molar-refractivity contribution is -0.123. The van der Waals surface area contributed by atoms with Gasteiger partial charge in [0, 0.05) is 25.6 Å². The van der Waals surface area contributed by atoms with Crippen LogP contribution in [-0.4, -0.2) is 19.0 Å². The van der Waals surface area contributed by atoms with Crippen molar-refractivity contribution in [2.75, 3.05) is 13.1 Å². The number of amides is 1. The van der Waals surface area contributed by atoms with Crippen LogP contribution >= 0.6 is 0 Å². The Bertz CT molecular complexity index is 344. The zero-order valence-corrected chi connectivity index (χ0v) is 10.9. The molecule has 0 heterocycles. The fourth-order valence-corrected chi connectivity index (χ4v) is 1.42. The van der Waals surface area contributed by atoms with Gasteiger partial charge in [0.2, 0.25) is 5.91 Å². The summed E-state index contributed by atoms with van der Waals surface area (Å²) in [5.41, 5.74) is 2.55. The third-order valence-corrected chi connectivity index (χ3v) is 2.58. The fourth-order valence-electron chi connectivity index (χ4n) is 1.42. The number of carbonyl (C=O) groups excluding carboxylic acids is 1. The van der Waals surface area contributed by atoms with Crippen molar-refractivity contribution < 1.29 is 4.79 Å². The van der Waals surface area contributed by atoms with Crippen molar-refractivity contribution in [1.82, 2.24) is 10.6 Å². The molecule has 0 spiro atoms. The second kappa shape index (κ2) is 7.07. The summed E-state index contributed by atoms with van der Waals surface area (Å²) in [4.78, 5) is 11.3. The largest absolute Gasteiger partial charge is 0.355 e. The van der Waals surface area contributed by atoms with Crippen molar-refractivity contribution in [3.05, 3.63) is 35.4 Å². The van der Waals surface area contributed by atoms with Gasteiger partial charge in [0.15, 0.2) is 0 Å². The van der Waals surface area contributed by atoms with Gasteiger partial charge in [-0.3, -0.25) is 4.79 Å².